The Kier molecular flexibility index (Phi) is 5.53. The molecule has 0 bridgehead atoms. The highest BCUT2D eigenvalue weighted by Crippen LogP contribution is 2.62. The minimum absolute atomic E-state index is 0.544. The molecule has 1 spiro atoms. The monoisotopic (exact) mass is 642 g/mol. The molecule has 2 aliphatic rings. The number of benzene rings is 7. The molecule has 5 nitrogen and oxygen atoms in total. The first-order valence-electron chi connectivity index (χ1n) is 16.7. The topological polar surface area (TPSA) is 61.3 Å². The number of ether oxygens (including phenoxy) is 1. The standard InChI is InChI=1S/C45H26N2O3/c1-2-12-33-31(11-1)32-22-21-27(26-36(32)45(33)34-13-3-7-17-39(34)48-40-18-8-4-14-35(40)45)28-23-29(43-46-37-15-5-9-19-41(37)49-43)25-30(24-28)44-47-38-16-6-10-20-42(38)50-44/h1-26H. The quantitative estimate of drug-likeness (QED) is 0.192. The average Bonchev–Trinajstić information content (AvgIpc) is 3.89. The normalized spacial score (nSPS) is 13.5. The third kappa shape index (κ3) is 3.77. The van der Waals surface area contributed by atoms with Gasteiger partial charge >= 0.3 is 0 Å². The molecule has 0 saturated heterocycles. The smallest absolute Gasteiger partial charge is 0.227 e. The van der Waals surface area contributed by atoms with E-state index >= 15 is 0 Å². The summed E-state index contributed by atoms with van der Waals surface area (Å²) in [6.45, 7) is 0. The van der Waals surface area contributed by atoms with Crippen LogP contribution in [0.2, 0.25) is 0 Å². The Bertz CT molecular complexity index is 2620. The van der Waals surface area contributed by atoms with Gasteiger partial charge in [0, 0.05) is 22.3 Å². The summed E-state index contributed by atoms with van der Waals surface area (Å²) in [4.78, 5) is 9.73. The molecular weight excluding hydrogens is 617 g/mol. The second-order valence-electron chi connectivity index (χ2n) is 12.9. The summed E-state index contributed by atoms with van der Waals surface area (Å²) in [7, 11) is 0. The number of para-hydroxylation sites is 6. The summed E-state index contributed by atoms with van der Waals surface area (Å²) in [5.74, 6) is 2.83. The molecule has 0 saturated carbocycles. The Morgan fingerprint density at radius 2 is 0.880 bits per heavy atom. The number of nitrogens with zero attached hydrogens (tertiary/aromatic N) is 2. The van der Waals surface area contributed by atoms with Gasteiger partial charge in [-0.25, -0.2) is 9.97 Å². The van der Waals surface area contributed by atoms with Gasteiger partial charge in [0.05, 0.1) is 5.41 Å². The Hall–Kier alpha value is -6.72. The first-order chi connectivity index (χ1) is 24.7. The second-order valence-corrected chi connectivity index (χ2v) is 12.9. The van der Waals surface area contributed by atoms with Gasteiger partial charge < -0.3 is 13.6 Å². The van der Waals surface area contributed by atoms with Crippen LogP contribution in [0.4, 0.5) is 0 Å². The van der Waals surface area contributed by atoms with E-state index in [9.17, 15) is 0 Å². The molecule has 50 heavy (non-hydrogen) atoms. The summed E-state index contributed by atoms with van der Waals surface area (Å²) in [5.41, 5.74) is 13.5. The van der Waals surface area contributed by atoms with Crippen molar-refractivity contribution in [2.75, 3.05) is 0 Å². The average molecular weight is 643 g/mol. The number of fused-ring (bicyclic) bond motifs is 11. The summed E-state index contributed by atoms with van der Waals surface area (Å²) in [6, 6.07) is 54.5. The van der Waals surface area contributed by atoms with Crippen LogP contribution in [0.25, 0.3) is 67.4 Å². The Morgan fingerprint density at radius 3 is 1.50 bits per heavy atom. The fraction of sp³-hybridized carbons (Fsp3) is 0.0222. The SMILES string of the molecule is c1ccc2c(c1)Oc1ccccc1C21c2ccccc2-c2ccc(-c3cc(-c4nc5ccccc5o4)cc(-c4nc5ccccc5o4)c3)cc21. The minimum atomic E-state index is -0.561. The van der Waals surface area contributed by atoms with Crippen molar-refractivity contribution >= 4 is 22.2 Å². The van der Waals surface area contributed by atoms with Crippen molar-refractivity contribution in [1.29, 1.82) is 0 Å². The fourth-order valence-corrected chi connectivity index (χ4v) is 8.07. The van der Waals surface area contributed by atoms with Gasteiger partial charge in [-0.1, -0.05) is 97.1 Å². The second kappa shape index (κ2) is 10.1. The van der Waals surface area contributed by atoms with Crippen LogP contribution in [0.5, 0.6) is 11.5 Å². The molecule has 0 radical (unpaired) electrons. The van der Waals surface area contributed by atoms with Crippen LogP contribution in [0.3, 0.4) is 0 Å². The molecule has 0 unspecified atom stereocenters. The largest absolute Gasteiger partial charge is 0.457 e. The molecule has 3 heterocycles. The zero-order valence-corrected chi connectivity index (χ0v) is 26.6. The lowest BCUT2D eigenvalue weighted by Crippen LogP contribution is -2.32. The van der Waals surface area contributed by atoms with Crippen LogP contribution in [-0.4, -0.2) is 9.97 Å². The van der Waals surface area contributed by atoms with Crippen LogP contribution < -0.4 is 4.74 Å². The Labute approximate surface area is 287 Å². The van der Waals surface area contributed by atoms with E-state index in [4.69, 9.17) is 23.5 Å². The van der Waals surface area contributed by atoms with Crippen molar-refractivity contribution < 1.29 is 13.6 Å². The van der Waals surface area contributed by atoms with Gasteiger partial charge in [0.25, 0.3) is 0 Å². The molecular formula is C45H26N2O3. The maximum atomic E-state index is 6.55. The van der Waals surface area contributed by atoms with Crippen molar-refractivity contribution in [2.24, 2.45) is 0 Å². The fourth-order valence-electron chi connectivity index (χ4n) is 8.07. The molecule has 234 valence electrons. The summed E-state index contributed by atoms with van der Waals surface area (Å²) >= 11 is 0. The molecule has 5 heteroatoms. The van der Waals surface area contributed by atoms with E-state index in [0.717, 1.165) is 67.1 Å². The van der Waals surface area contributed by atoms with E-state index in [1.165, 1.54) is 22.3 Å². The highest BCUT2D eigenvalue weighted by Gasteiger charge is 2.51. The summed E-state index contributed by atoms with van der Waals surface area (Å²) in [5, 5.41) is 0. The van der Waals surface area contributed by atoms with Crippen molar-refractivity contribution in [3.8, 4) is 56.7 Å². The Balaban J connectivity index is 1.18. The molecule has 0 amide bonds. The number of hydrogen-bond donors (Lipinski definition) is 0. The molecule has 11 rings (SSSR count). The predicted molar refractivity (Wildman–Crippen MR) is 195 cm³/mol. The summed E-state index contributed by atoms with van der Waals surface area (Å²) < 4.78 is 19.2. The zero-order valence-electron chi connectivity index (χ0n) is 26.6. The molecule has 9 aromatic rings. The highest BCUT2D eigenvalue weighted by molar-refractivity contribution is 5.91. The van der Waals surface area contributed by atoms with Crippen molar-refractivity contribution in [2.45, 2.75) is 5.41 Å². The molecule has 0 N–H and O–H groups in total. The molecule has 0 fully saturated rings. The van der Waals surface area contributed by atoms with Crippen LogP contribution in [0.1, 0.15) is 22.3 Å². The highest BCUT2D eigenvalue weighted by atomic mass is 16.5. The minimum Gasteiger partial charge on any atom is -0.457 e. The lowest BCUT2D eigenvalue weighted by atomic mass is 9.66. The molecule has 2 aromatic heterocycles. The van der Waals surface area contributed by atoms with Crippen molar-refractivity contribution in [3.05, 3.63) is 180 Å². The van der Waals surface area contributed by atoms with E-state index in [-0.39, 0.29) is 0 Å². The van der Waals surface area contributed by atoms with Crippen LogP contribution in [-0.2, 0) is 5.41 Å². The first-order valence-corrected chi connectivity index (χ1v) is 16.7. The van der Waals surface area contributed by atoms with Crippen molar-refractivity contribution in [1.82, 2.24) is 9.97 Å². The third-order valence-electron chi connectivity index (χ3n) is 10.2. The van der Waals surface area contributed by atoms with Gasteiger partial charge in [-0.05, 0) is 94.0 Å². The maximum absolute atomic E-state index is 6.55. The number of hydrogen-bond acceptors (Lipinski definition) is 5. The van der Waals surface area contributed by atoms with Gasteiger partial charge in [-0.2, -0.15) is 0 Å². The van der Waals surface area contributed by atoms with E-state index < -0.39 is 5.41 Å². The van der Waals surface area contributed by atoms with Gasteiger partial charge in [0.1, 0.15) is 22.5 Å². The maximum Gasteiger partial charge on any atom is 0.227 e. The van der Waals surface area contributed by atoms with E-state index in [2.05, 4.69) is 97.1 Å². The molecule has 0 atom stereocenters. The summed E-state index contributed by atoms with van der Waals surface area (Å²) in [6.07, 6.45) is 0. The molecule has 1 aliphatic heterocycles. The zero-order chi connectivity index (χ0) is 32.8. The van der Waals surface area contributed by atoms with Crippen LogP contribution in [0.15, 0.2) is 167 Å². The number of rotatable bonds is 3. The number of aromatic nitrogens is 2. The van der Waals surface area contributed by atoms with E-state index in [0.29, 0.717) is 11.8 Å². The lowest BCUT2D eigenvalue weighted by molar-refractivity contribution is 0.436. The molecule has 7 aromatic carbocycles. The number of oxazole rings is 2. The van der Waals surface area contributed by atoms with Crippen molar-refractivity contribution in [3.63, 3.8) is 0 Å². The Morgan fingerprint density at radius 1 is 0.380 bits per heavy atom. The lowest BCUT2D eigenvalue weighted by Gasteiger charge is -2.39. The van der Waals surface area contributed by atoms with Crippen LogP contribution >= 0.6 is 0 Å². The van der Waals surface area contributed by atoms with Gasteiger partial charge in [0.15, 0.2) is 11.2 Å². The van der Waals surface area contributed by atoms with Crippen LogP contribution in [0, 0.1) is 0 Å². The van der Waals surface area contributed by atoms with E-state index in [1.54, 1.807) is 0 Å². The van der Waals surface area contributed by atoms with E-state index in [1.807, 2.05) is 60.7 Å². The van der Waals surface area contributed by atoms with Gasteiger partial charge in [0.2, 0.25) is 11.8 Å². The first kappa shape index (κ1) is 27.3. The van der Waals surface area contributed by atoms with Gasteiger partial charge in [-0.3, -0.25) is 0 Å². The third-order valence-corrected chi connectivity index (χ3v) is 10.2. The predicted octanol–water partition coefficient (Wildman–Crippen LogP) is 11.4. The van der Waals surface area contributed by atoms with Gasteiger partial charge in [-0.15, -0.1) is 0 Å². The molecule has 1 aliphatic carbocycles.